The van der Waals surface area contributed by atoms with Gasteiger partial charge < -0.3 is 5.11 Å². The predicted octanol–water partition coefficient (Wildman–Crippen LogP) is 18.3. The van der Waals surface area contributed by atoms with Gasteiger partial charge in [0.25, 0.3) is 0 Å². The topological polar surface area (TPSA) is 50.9 Å². The fourth-order valence-corrected chi connectivity index (χ4v) is 9.58. The Balaban J connectivity index is 1.29. The Morgan fingerprint density at radius 3 is 1.67 bits per heavy atom. The second kappa shape index (κ2) is 18.4. The van der Waals surface area contributed by atoms with Gasteiger partial charge in [-0.2, -0.15) is 0 Å². The number of pyridine rings is 1. The van der Waals surface area contributed by atoms with E-state index >= 15 is 0 Å². The van der Waals surface area contributed by atoms with Gasteiger partial charge in [-0.25, -0.2) is 4.98 Å². The third-order valence-corrected chi connectivity index (χ3v) is 14.0. The highest BCUT2D eigenvalue weighted by molar-refractivity contribution is 5.98. The van der Waals surface area contributed by atoms with Crippen molar-refractivity contribution in [1.82, 2.24) is 14.5 Å². The summed E-state index contributed by atoms with van der Waals surface area (Å²) in [6.07, 6.45) is 1.93. The molecule has 0 amide bonds. The number of benzene rings is 7. The molecule has 9 rings (SSSR count). The number of aromatic nitrogens is 3. The summed E-state index contributed by atoms with van der Waals surface area (Å²) in [5, 5.41) is 12.4. The van der Waals surface area contributed by atoms with Crippen LogP contribution in [-0.2, 0) is 16.2 Å². The number of phenolic OH excluding ortho intramolecular Hbond substituents is 1. The van der Waals surface area contributed by atoms with Gasteiger partial charge in [0.05, 0.1) is 28.0 Å². The van der Waals surface area contributed by atoms with Crippen LogP contribution in [0.2, 0.25) is 0 Å². The van der Waals surface area contributed by atoms with Gasteiger partial charge in [-0.15, -0.1) is 0 Å². The smallest absolute Gasteiger partial charge is 0.149 e. The lowest BCUT2D eigenvalue weighted by Crippen LogP contribution is -2.12. The lowest BCUT2D eigenvalue weighted by molar-refractivity contribution is 0.466. The Hall–Kier alpha value is -7.04. The summed E-state index contributed by atoms with van der Waals surface area (Å²) in [5.41, 5.74) is 20.1. The SMILES string of the molecule is CC(C)c1cc(-c2nc3c(-c4cc(-c5cc(-c6ccc(-c7ccccc7)cc6)ccn5)cc(C(C)(C)C)c4)cccc3n2-c2ccc(C(C)(C)C)cc2-c2ccc(C(C)(C)C)cc2)c(O)c(C(C)C)c1. The van der Waals surface area contributed by atoms with Gasteiger partial charge in [-0.05, 0) is 138 Å². The summed E-state index contributed by atoms with van der Waals surface area (Å²) in [6.45, 7) is 29.2. The van der Waals surface area contributed by atoms with E-state index < -0.39 is 0 Å². The summed E-state index contributed by atoms with van der Waals surface area (Å²) < 4.78 is 2.31. The normalized spacial score (nSPS) is 12.4. The van der Waals surface area contributed by atoms with Crippen molar-refractivity contribution in [3.63, 3.8) is 0 Å². The van der Waals surface area contributed by atoms with Gasteiger partial charge in [0.2, 0.25) is 0 Å². The van der Waals surface area contributed by atoms with Crippen molar-refractivity contribution < 1.29 is 5.11 Å². The van der Waals surface area contributed by atoms with Gasteiger partial charge in [0, 0.05) is 22.9 Å². The van der Waals surface area contributed by atoms with Gasteiger partial charge in [0.1, 0.15) is 11.6 Å². The molecule has 2 heterocycles. The van der Waals surface area contributed by atoms with E-state index in [4.69, 9.17) is 9.97 Å². The maximum atomic E-state index is 12.4. The number of fused-ring (bicyclic) bond motifs is 1. The van der Waals surface area contributed by atoms with Gasteiger partial charge in [-0.3, -0.25) is 9.55 Å². The van der Waals surface area contributed by atoms with E-state index in [1.165, 1.54) is 33.4 Å². The molecule has 0 radical (unpaired) electrons. The third-order valence-electron chi connectivity index (χ3n) is 14.0. The molecule has 0 aliphatic carbocycles. The fraction of sp³-hybridized carbons (Fsp3) is 0.273. The van der Waals surface area contributed by atoms with E-state index in [2.05, 4.69) is 252 Å². The van der Waals surface area contributed by atoms with Crippen molar-refractivity contribution in [1.29, 1.82) is 0 Å². The molecule has 0 spiro atoms. The molecule has 354 valence electrons. The van der Waals surface area contributed by atoms with Crippen molar-refractivity contribution >= 4 is 11.0 Å². The Morgan fingerprint density at radius 1 is 0.443 bits per heavy atom. The molecule has 2 aromatic heterocycles. The molecule has 7 aromatic carbocycles. The number of phenols is 1. The Labute approximate surface area is 417 Å². The second-order valence-corrected chi connectivity index (χ2v) is 23.0. The summed E-state index contributed by atoms with van der Waals surface area (Å²) in [4.78, 5) is 10.7. The van der Waals surface area contributed by atoms with Crippen molar-refractivity contribution in [3.05, 3.63) is 192 Å². The van der Waals surface area contributed by atoms with Crippen molar-refractivity contribution in [2.75, 3.05) is 0 Å². The average molecular weight is 920 g/mol. The molecular weight excluding hydrogens is 851 g/mol. The molecule has 0 saturated heterocycles. The molecule has 0 aliphatic heterocycles. The average Bonchev–Trinajstić information content (AvgIpc) is 3.72. The number of hydrogen-bond acceptors (Lipinski definition) is 3. The number of rotatable bonds is 9. The van der Waals surface area contributed by atoms with Crippen LogP contribution >= 0.6 is 0 Å². The maximum absolute atomic E-state index is 12.4. The lowest BCUT2D eigenvalue weighted by atomic mass is 9.83. The van der Waals surface area contributed by atoms with E-state index in [0.29, 0.717) is 5.82 Å². The zero-order valence-electron chi connectivity index (χ0n) is 43.5. The van der Waals surface area contributed by atoms with E-state index in [-0.39, 0.29) is 33.8 Å². The van der Waals surface area contributed by atoms with Crippen LogP contribution in [-0.4, -0.2) is 19.6 Å². The van der Waals surface area contributed by atoms with Crippen LogP contribution in [0.15, 0.2) is 164 Å². The quantitative estimate of drug-likeness (QED) is 0.157. The zero-order chi connectivity index (χ0) is 49.9. The first-order valence-corrected chi connectivity index (χ1v) is 25.1. The fourth-order valence-electron chi connectivity index (χ4n) is 9.58. The lowest BCUT2D eigenvalue weighted by Gasteiger charge is -2.24. The first kappa shape index (κ1) is 48.0. The highest BCUT2D eigenvalue weighted by Gasteiger charge is 2.27. The summed E-state index contributed by atoms with van der Waals surface area (Å²) in [5.74, 6) is 1.33. The minimum Gasteiger partial charge on any atom is -0.507 e. The molecule has 4 nitrogen and oxygen atoms in total. The first-order chi connectivity index (χ1) is 33.2. The minimum atomic E-state index is -0.156. The van der Waals surface area contributed by atoms with Gasteiger partial charge in [-0.1, -0.05) is 199 Å². The van der Waals surface area contributed by atoms with Crippen LogP contribution in [0, 0.1) is 0 Å². The number of imidazole rings is 1. The van der Waals surface area contributed by atoms with Crippen molar-refractivity contribution in [2.45, 2.75) is 118 Å². The Kier molecular flexibility index (Phi) is 12.6. The minimum absolute atomic E-state index is 0.0178. The number of hydrogen-bond donors (Lipinski definition) is 1. The molecule has 0 fully saturated rings. The summed E-state index contributed by atoms with van der Waals surface area (Å²) in [6, 6.07) is 57.4. The highest BCUT2D eigenvalue weighted by atomic mass is 16.3. The molecule has 0 saturated carbocycles. The van der Waals surface area contributed by atoms with Crippen LogP contribution in [0.1, 0.15) is 130 Å². The zero-order valence-corrected chi connectivity index (χ0v) is 43.5. The van der Waals surface area contributed by atoms with E-state index in [0.717, 1.165) is 72.5 Å². The molecule has 0 aliphatic rings. The van der Waals surface area contributed by atoms with E-state index in [1.54, 1.807) is 0 Å². The number of nitrogens with zero attached hydrogens (tertiary/aromatic N) is 3. The van der Waals surface area contributed by atoms with E-state index in [9.17, 15) is 5.11 Å². The third kappa shape index (κ3) is 9.49. The molecule has 0 unspecified atom stereocenters. The van der Waals surface area contributed by atoms with Gasteiger partial charge in [0.15, 0.2) is 0 Å². The summed E-state index contributed by atoms with van der Waals surface area (Å²) >= 11 is 0. The largest absolute Gasteiger partial charge is 0.507 e. The highest BCUT2D eigenvalue weighted by Crippen LogP contribution is 2.45. The van der Waals surface area contributed by atoms with Gasteiger partial charge >= 0.3 is 0 Å². The molecule has 0 bridgehead atoms. The molecule has 70 heavy (non-hydrogen) atoms. The standard InChI is InChI=1S/C66H69N3O/c1-41(2)48-37-55(42(3)4)62(70)57(38-48)63-68-61-54(20-17-21-60(61)69(63)59-31-30-52(65(8,9)10)40-56(59)46-26-28-51(29-27-46)64(5,6)7)49-34-50(36-53(35-49)66(11,12)13)58-39-47(32-33-67-58)45-24-22-44(23-25-45)43-18-15-14-16-19-43/h14-42,70H,1-13H3. The molecule has 4 heteroatoms. The maximum Gasteiger partial charge on any atom is 0.149 e. The van der Waals surface area contributed by atoms with Crippen LogP contribution in [0.5, 0.6) is 5.75 Å². The molecule has 1 N–H and O–H groups in total. The van der Waals surface area contributed by atoms with Crippen LogP contribution < -0.4 is 0 Å². The summed E-state index contributed by atoms with van der Waals surface area (Å²) in [7, 11) is 0. The second-order valence-electron chi connectivity index (χ2n) is 23.0. The predicted molar refractivity (Wildman–Crippen MR) is 297 cm³/mol. The van der Waals surface area contributed by atoms with Crippen molar-refractivity contribution in [3.8, 4) is 78.6 Å². The Morgan fingerprint density at radius 2 is 1.04 bits per heavy atom. The van der Waals surface area contributed by atoms with E-state index in [1.807, 2.05) is 6.20 Å². The monoisotopic (exact) mass is 920 g/mol. The van der Waals surface area contributed by atoms with Crippen molar-refractivity contribution in [2.24, 2.45) is 0 Å². The number of para-hydroxylation sites is 1. The molecule has 0 atom stereocenters. The Bertz CT molecular complexity index is 3350. The molecule has 9 aromatic rings. The van der Waals surface area contributed by atoms with Crippen LogP contribution in [0.3, 0.4) is 0 Å². The first-order valence-electron chi connectivity index (χ1n) is 25.1. The molecular formula is C66H69N3O. The number of aromatic hydroxyl groups is 1. The van der Waals surface area contributed by atoms with Crippen LogP contribution in [0.4, 0.5) is 0 Å². The van der Waals surface area contributed by atoms with Crippen LogP contribution in [0.25, 0.3) is 83.9 Å².